The van der Waals surface area contributed by atoms with Crippen LogP contribution in [0.25, 0.3) is 0 Å². The van der Waals surface area contributed by atoms with Gasteiger partial charge in [-0.25, -0.2) is 4.39 Å². The summed E-state index contributed by atoms with van der Waals surface area (Å²) in [5.74, 6) is 0.876. The molecule has 0 bridgehead atoms. The van der Waals surface area contributed by atoms with E-state index in [2.05, 4.69) is 4.90 Å². The number of nitrogens with zero attached hydrogens (tertiary/aromatic N) is 2. The van der Waals surface area contributed by atoms with Crippen LogP contribution in [-0.2, 0) is 13.0 Å². The Morgan fingerprint density at radius 1 is 1.15 bits per heavy atom. The van der Waals surface area contributed by atoms with Crippen LogP contribution < -0.4 is 9.47 Å². The van der Waals surface area contributed by atoms with E-state index in [1.807, 2.05) is 29.2 Å². The maximum atomic E-state index is 13.8. The Balaban J connectivity index is 1.34. The Labute approximate surface area is 158 Å². The van der Waals surface area contributed by atoms with Crippen LogP contribution in [0.15, 0.2) is 36.4 Å². The first-order valence-corrected chi connectivity index (χ1v) is 9.24. The van der Waals surface area contributed by atoms with Crippen molar-refractivity contribution in [3.63, 3.8) is 0 Å². The smallest absolute Gasteiger partial charge is 0.253 e. The Hall–Kier alpha value is -2.60. The van der Waals surface area contributed by atoms with E-state index >= 15 is 0 Å². The quantitative estimate of drug-likeness (QED) is 0.830. The molecule has 0 saturated carbocycles. The average molecular weight is 370 g/mol. The van der Waals surface area contributed by atoms with E-state index in [-0.39, 0.29) is 17.5 Å². The minimum atomic E-state index is -0.343. The third kappa shape index (κ3) is 3.76. The van der Waals surface area contributed by atoms with E-state index < -0.39 is 0 Å². The zero-order valence-electron chi connectivity index (χ0n) is 15.4. The number of carbonyl (C=O) groups excluding carboxylic acids is 1. The van der Waals surface area contributed by atoms with Crippen molar-refractivity contribution in [2.75, 3.05) is 39.9 Å². The zero-order chi connectivity index (χ0) is 18.8. The molecular formula is C21H23FN2O3. The number of methoxy groups -OCH3 is 1. The lowest BCUT2D eigenvalue weighted by molar-refractivity contribution is 0.0628. The summed E-state index contributed by atoms with van der Waals surface area (Å²) < 4.78 is 24.3. The molecular weight excluding hydrogens is 347 g/mol. The van der Waals surface area contributed by atoms with Gasteiger partial charge < -0.3 is 14.4 Å². The summed E-state index contributed by atoms with van der Waals surface area (Å²) >= 11 is 0. The van der Waals surface area contributed by atoms with Gasteiger partial charge >= 0.3 is 0 Å². The molecule has 2 aromatic rings. The molecule has 1 saturated heterocycles. The largest absolute Gasteiger partial charge is 0.494 e. The van der Waals surface area contributed by atoms with Crippen LogP contribution in [0.3, 0.4) is 0 Å². The first-order valence-electron chi connectivity index (χ1n) is 9.24. The Kier molecular flexibility index (Phi) is 4.99. The lowest BCUT2D eigenvalue weighted by Gasteiger charge is -2.35. The molecule has 6 heteroatoms. The van der Waals surface area contributed by atoms with Gasteiger partial charge in [0.1, 0.15) is 5.75 Å². The van der Waals surface area contributed by atoms with Crippen molar-refractivity contribution in [3.8, 4) is 11.5 Å². The molecule has 27 heavy (non-hydrogen) atoms. The average Bonchev–Trinajstić information content (AvgIpc) is 3.16. The SMILES string of the molecule is COc1ccc(CN2CCN(C(=O)c3ccc4c(c3)CCO4)CC2)cc1F. The standard InChI is InChI=1S/C21H23FN2O3/c1-26-20-4-2-15(12-18(20)22)14-23-7-9-24(10-8-23)21(25)17-3-5-19-16(13-17)6-11-27-19/h2-5,12-13H,6-11,14H2,1H3. The number of benzene rings is 2. The van der Waals surface area contributed by atoms with Gasteiger partial charge in [0.25, 0.3) is 5.91 Å². The summed E-state index contributed by atoms with van der Waals surface area (Å²) in [5, 5.41) is 0. The normalized spacial score (nSPS) is 16.7. The highest BCUT2D eigenvalue weighted by Crippen LogP contribution is 2.26. The van der Waals surface area contributed by atoms with Gasteiger partial charge in [0.05, 0.1) is 13.7 Å². The molecule has 5 nitrogen and oxygen atoms in total. The monoisotopic (exact) mass is 370 g/mol. The number of halogens is 1. The molecule has 0 radical (unpaired) electrons. The van der Waals surface area contributed by atoms with Crippen molar-refractivity contribution in [3.05, 3.63) is 58.9 Å². The number of hydrogen-bond donors (Lipinski definition) is 0. The van der Waals surface area contributed by atoms with Gasteiger partial charge in [-0.1, -0.05) is 6.07 Å². The molecule has 2 aliphatic rings. The maximum Gasteiger partial charge on any atom is 0.253 e. The van der Waals surface area contributed by atoms with Crippen LogP contribution in [0.1, 0.15) is 21.5 Å². The van der Waals surface area contributed by atoms with Gasteiger partial charge in [-0.15, -0.1) is 0 Å². The topological polar surface area (TPSA) is 42.0 Å². The van der Waals surface area contributed by atoms with Crippen LogP contribution in [-0.4, -0.2) is 55.6 Å². The lowest BCUT2D eigenvalue weighted by Crippen LogP contribution is -2.48. The number of rotatable bonds is 4. The summed E-state index contributed by atoms with van der Waals surface area (Å²) in [5.41, 5.74) is 2.75. The van der Waals surface area contributed by atoms with Gasteiger partial charge in [0.2, 0.25) is 0 Å². The summed E-state index contributed by atoms with van der Waals surface area (Å²) in [6, 6.07) is 10.7. The molecule has 142 valence electrons. The van der Waals surface area contributed by atoms with Crippen molar-refractivity contribution in [1.82, 2.24) is 9.80 Å². The molecule has 0 aromatic heterocycles. The van der Waals surface area contributed by atoms with Crippen LogP contribution in [0.4, 0.5) is 4.39 Å². The van der Waals surface area contributed by atoms with E-state index in [1.165, 1.54) is 13.2 Å². The van der Waals surface area contributed by atoms with Crippen molar-refractivity contribution < 1.29 is 18.7 Å². The molecule has 2 heterocycles. The third-order valence-electron chi connectivity index (χ3n) is 5.22. The first kappa shape index (κ1) is 17.8. The molecule has 0 atom stereocenters. The molecule has 0 N–H and O–H groups in total. The van der Waals surface area contributed by atoms with E-state index in [4.69, 9.17) is 9.47 Å². The molecule has 2 aromatic carbocycles. The van der Waals surface area contributed by atoms with Crippen molar-refractivity contribution in [1.29, 1.82) is 0 Å². The summed E-state index contributed by atoms with van der Waals surface area (Å²) in [7, 11) is 1.46. The van der Waals surface area contributed by atoms with Crippen molar-refractivity contribution >= 4 is 5.91 Å². The van der Waals surface area contributed by atoms with Gasteiger partial charge in [0, 0.05) is 44.7 Å². The second-order valence-corrected chi connectivity index (χ2v) is 6.96. The Bertz CT molecular complexity index is 847. The highest BCUT2D eigenvalue weighted by molar-refractivity contribution is 5.94. The number of amides is 1. The van der Waals surface area contributed by atoms with Crippen molar-refractivity contribution in [2.24, 2.45) is 0 Å². The van der Waals surface area contributed by atoms with Gasteiger partial charge in [-0.05, 0) is 41.5 Å². The fourth-order valence-corrected chi connectivity index (χ4v) is 3.68. The summed E-state index contributed by atoms with van der Waals surface area (Å²) in [6.45, 7) is 4.24. The molecule has 2 aliphatic heterocycles. The Morgan fingerprint density at radius 3 is 2.70 bits per heavy atom. The minimum absolute atomic E-state index is 0.0693. The zero-order valence-corrected chi connectivity index (χ0v) is 15.4. The fourth-order valence-electron chi connectivity index (χ4n) is 3.68. The number of piperazine rings is 1. The first-order chi connectivity index (χ1) is 13.1. The van der Waals surface area contributed by atoms with Gasteiger partial charge in [-0.3, -0.25) is 9.69 Å². The molecule has 1 fully saturated rings. The predicted molar refractivity (Wildman–Crippen MR) is 99.8 cm³/mol. The van der Waals surface area contributed by atoms with Crippen LogP contribution in [0, 0.1) is 5.82 Å². The lowest BCUT2D eigenvalue weighted by atomic mass is 10.1. The molecule has 0 spiro atoms. The predicted octanol–water partition coefficient (Wildman–Crippen LogP) is 2.73. The maximum absolute atomic E-state index is 13.8. The number of ether oxygens (including phenoxy) is 2. The number of hydrogen-bond acceptors (Lipinski definition) is 4. The highest BCUT2D eigenvalue weighted by atomic mass is 19.1. The molecule has 1 amide bonds. The summed E-state index contributed by atoms with van der Waals surface area (Å²) in [6.07, 6.45) is 0.864. The Morgan fingerprint density at radius 2 is 1.96 bits per heavy atom. The van der Waals surface area contributed by atoms with Gasteiger partial charge in [0.15, 0.2) is 11.6 Å². The number of carbonyl (C=O) groups is 1. The van der Waals surface area contributed by atoms with E-state index in [0.29, 0.717) is 26.2 Å². The van der Waals surface area contributed by atoms with E-state index in [1.54, 1.807) is 6.07 Å². The van der Waals surface area contributed by atoms with Crippen molar-refractivity contribution in [2.45, 2.75) is 13.0 Å². The minimum Gasteiger partial charge on any atom is -0.494 e. The van der Waals surface area contributed by atoms with Crippen LogP contribution in [0.5, 0.6) is 11.5 Å². The van der Waals surface area contributed by atoms with Crippen LogP contribution >= 0.6 is 0 Å². The van der Waals surface area contributed by atoms with Gasteiger partial charge in [-0.2, -0.15) is 0 Å². The highest BCUT2D eigenvalue weighted by Gasteiger charge is 2.24. The third-order valence-corrected chi connectivity index (χ3v) is 5.22. The van der Waals surface area contributed by atoms with Crippen LogP contribution in [0.2, 0.25) is 0 Å². The molecule has 0 unspecified atom stereocenters. The van der Waals surface area contributed by atoms with E-state index in [9.17, 15) is 9.18 Å². The fraction of sp³-hybridized carbons (Fsp3) is 0.381. The second kappa shape index (κ2) is 7.56. The van der Waals surface area contributed by atoms with E-state index in [0.717, 1.165) is 42.0 Å². The molecule has 4 rings (SSSR count). The summed E-state index contributed by atoms with van der Waals surface area (Å²) in [4.78, 5) is 16.9. The second-order valence-electron chi connectivity index (χ2n) is 6.96. The molecule has 0 aliphatic carbocycles. The number of fused-ring (bicyclic) bond motifs is 1.